The van der Waals surface area contributed by atoms with Crippen molar-refractivity contribution >= 4 is 11.4 Å². The van der Waals surface area contributed by atoms with Gasteiger partial charge < -0.3 is 15.4 Å². The number of methoxy groups -OCH3 is 1. The van der Waals surface area contributed by atoms with Crippen LogP contribution in [-0.4, -0.2) is 36.6 Å². The minimum Gasteiger partial charge on any atom is -0.497 e. The summed E-state index contributed by atoms with van der Waals surface area (Å²) in [5, 5.41) is 6.31. The molecule has 2 aromatic carbocycles. The second-order valence-electron chi connectivity index (χ2n) is 7.50. The van der Waals surface area contributed by atoms with Gasteiger partial charge in [-0.1, -0.05) is 18.2 Å². The quantitative estimate of drug-likeness (QED) is 0.529. The molecular formula is C23H26N4O3. The highest BCUT2D eigenvalue weighted by molar-refractivity contribution is 5.74. The average molecular weight is 406 g/mol. The molecule has 2 N–H and O–H groups in total. The van der Waals surface area contributed by atoms with Gasteiger partial charge in [0.1, 0.15) is 17.1 Å². The van der Waals surface area contributed by atoms with Gasteiger partial charge in [-0.3, -0.25) is 19.5 Å². The van der Waals surface area contributed by atoms with E-state index in [9.17, 15) is 9.59 Å². The summed E-state index contributed by atoms with van der Waals surface area (Å²) in [5.74, 6) is 0.815. The van der Waals surface area contributed by atoms with E-state index in [2.05, 4.69) is 32.7 Å². The number of nitrogens with zero attached hydrogens (tertiary/aromatic N) is 2. The number of likely N-dealkylation sites (tertiary alicyclic amines) is 1. The number of ether oxygens (including phenoxy) is 1. The van der Waals surface area contributed by atoms with Crippen molar-refractivity contribution in [3.63, 3.8) is 0 Å². The molecule has 1 fully saturated rings. The average Bonchev–Trinajstić information content (AvgIpc) is 3.33. The Kier molecular flexibility index (Phi) is 6.09. The fourth-order valence-corrected chi connectivity index (χ4v) is 3.95. The predicted octanol–water partition coefficient (Wildman–Crippen LogP) is 2.55. The summed E-state index contributed by atoms with van der Waals surface area (Å²) in [6.45, 7) is 2.99. The Balaban J connectivity index is 1.47. The molecule has 7 heteroatoms. The van der Waals surface area contributed by atoms with Crippen LogP contribution in [0.15, 0.2) is 58.3 Å². The summed E-state index contributed by atoms with van der Waals surface area (Å²) in [5.41, 5.74) is 1.75. The Morgan fingerprint density at radius 1 is 1.00 bits per heavy atom. The van der Waals surface area contributed by atoms with Crippen molar-refractivity contribution in [2.45, 2.75) is 25.4 Å². The predicted molar refractivity (Wildman–Crippen MR) is 118 cm³/mol. The van der Waals surface area contributed by atoms with Crippen molar-refractivity contribution in [2.75, 3.05) is 37.4 Å². The zero-order chi connectivity index (χ0) is 20.9. The lowest BCUT2D eigenvalue weighted by Crippen LogP contribution is -2.39. The number of nitrogens with one attached hydrogen (secondary N) is 2. The molecule has 0 unspecified atom stereocenters. The van der Waals surface area contributed by atoms with Crippen molar-refractivity contribution in [1.82, 2.24) is 9.88 Å². The second kappa shape index (κ2) is 9.09. The monoisotopic (exact) mass is 406 g/mol. The number of benzene rings is 1. The Morgan fingerprint density at radius 2 is 1.70 bits per heavy atom. The van der Waals surface area contributed by atoms with Gasteiger partial charge in [0.05, 0.1) is 25.4 Å². The maximum Gasteiger partial charge on any atom is 0.253 e. The first-order chi connectivity index (χ1) is 14.7. The molecule has 156 valence electrons. The molecular weight excluding hydrogens is 380 g/mol. The molecule has 1 aliphatic heterocycles. The van der Waals surface area contributed by atoms with Crippen LogP contribution in [0.2, 0.25) is 0 Å². The summed E-state index contributed by atoms with van der Waals surface area (Å²) in [6, 6.07) is 13.7. The van der Waals surface area contributed by atoms with Gasteiger partial charge in [0, 0.05) is 12.7 Å². The fourth-order valence-electron chi connectivity index (χ4n) is 3.95. The molecule has 4 rings (SSSR count). The SMILES string of the molecule is COc1ccc([C@H](CNc2c(NCc3ccccn3)c(=O)c2=O)N2CCCC2)cc1. The topological polar surface area (TPSA) is 83.6 Å². The molecule has 7 nitrogen and oxygen atoms in total. The number of rotatable bonds is 9. The first-order valence-electron chi connectivity index (χ1n) is 10.3. The highest BCUT2D eigenvalue weighted by atomic mass is 16.5. The van der Waals surface area contributed by atoms with E-state index >= 15 is 0 Å². The van der Waals surface area contributed by atoms with E-state index in [0.717, 1.165) is 30.1 Å². The van der Waals surface area contributed by atoms with Crippen LogP contribution < -0.4 is 26.2 Å². The number of anilines is 2. The van der Waals surface area contributed by atoms with E-state index in [1.54, 1.807) is 13.3 Å². The number of pyridine rings is 1. The molecule has 1 aromatic heterocycles. The standard InChI is InChI=1S/C23H26N4O3/c1-30-18-9-7-16(8-10-18)19(27-12-4-5-13-27)15-26-21-20(22(28)23(21)29)25-14-17-6-2-3-11-24-17/h2-3,6-11,19,25-26H,4-5,12-15H2,1H3/t19-/m0/s1. The van der Waals surface area contributed by atoms with Gasteiger partial charge in [0.2, 0.25) is 0 Å². The van der Waals surface area contributed by atoms with Crippen LogP contribution in [0.3, 0.4) is 0 Å². The number of hydrogen-bond acceptors (Lipinski definition) is 7. The van der Waals surface area contributed by atoms with Gasteiger partial charge in [-0.05, 0) is 55.8 Å². The van der Waals surface area contributed by atoms with Crippen LogP contribution in [0.1, 0.15) is 30.1 Å². The first kappa shape index (κ1) is 20.1. The lowest BCUT2D eigenvalue weighted by atomic mass is 10.0. The smallest absolute Gasteiger partial charge is 0.253 e. The summed E-state index contributed by atoms with van der Waals surface area (Å²) >= 11 is 0. The Morgan fingerprint density at radius 3 is 2.33 bits per heavy atom. The van der Waals surface area contributed by atoms with E-state index in [1.165, 1.54) is 12.8 Å². The molecule has 0 amide bonds. The normalized spacial score (nSPS) is 15.2. The maximum atomic E-state index is 12.2. The third kappa shape index (κ3) is 4.21. The van der Waals surface area contributed by atoms with E-state index in [4.69, 9.17) is 4.74 Å². The summed E-state index contributed by atoms with van der Waals surface area (Å²) in [4.78, 5) is 30.9. The summed E-state index contributed by atoms with van der Waals surface area (Å²) < 4.78 is 5.27. The molecule has 0 aliphatic carbocycles. The molecule has 1 atom stereocenters. The molecule has 1 aliphatic rings. The third-order valence-corrected chi connectivity index (χ3v) is 5.64. The zero-order valence-corrected chi connectivity index (χ0v) is 17.1. The lowest BCUT2D eigenvalue weighted by Gasteiger charge is -2.29. The van der Waals surface area contributed by atoms with Gasteiger partial charge >= 0.3 is 0 Å². The molecule has 2 heterocycles. The van der Waals surface area contributed by atoms with Gasteiger partial charge in [-0.25, -0.2) is 0 Å². The Hall–Kier alpha value is -3.19. The first-order valence-corrected chi connectivity index (χ1v) is 10.3. The zero-order valence-electron chi connectivity index (χ0n) is 17.1. The van der Waals surface area contributed by atoms with Crippen molar-refractivity contribution in [1.29, 1.82) is 0 Å². The Bertz CT molecular complexity index is 1040. The van der Waals surface area contributed by atoms with Gasteiger partial charge in [-0.15, -0.1) is 0 Å². The molecule has 1 saturated heterocycles. The minimum atomic E-state index is -0.476. The molecule has 30 heavy (non-hydrogen) atoms. The minimum absolute atomic E-state index is 0.117. The van der Waals surface area contributed by atoms with Crippen LogP contribution in [-0.2, 0) is 6.54 Å². The van der Waals surface area contributed by atoms with Crippen LogP contribution in [0.25, 0.3) is 0 Å². The highest BCUT2D eigenvalue weighted by Crippen LogP contribution is 2.28. The Labute approximate surface area is 175 Å². The van der Waals surface area contributed by atoms with Crippen molar-refractivity contribution < 1.29 is 4.74 Å². The van der Waals surface area contributed by atoms with Crippen molar-refractivity contribution in [3.05, 3.63) is 80.4 Å². The van der Waals surface area contributed by atoms with E-state index < -0.39 is 10.9 Å². The lowest BCUT2D eigenvalue weighted by molar-refractivity contribution is 0.256. The van der Waals surface area contributed by atoms with Crippen LogP contribution in [0, 0.1) is 0 Å². The van der Waals surface area contributed by atoms with E-state index in [1.807, 2.05) is 30.3 Å². The fraction of sp³-hybridized carbons (Fsp3) is 0.348. The largest absolute Gasteiger partial charge is 0.497 e. The maximum absolute atomic E-state index is 12.2. The van der Waals surface area contributed by atoms with Crippen LogP contribution in [0.5, 0.6) is 5.75 Å². The summed E-state index contributed by atoms with van der Waals surface area (Å²) in [7, 11) is 1.65. The van der Waals surface area contributed by atoms with E-state index in [-0.39, 0.29) is 6.04 Å². The van der Waals surface area contributed by atoms with Gasteiger partial charge in [-0.2, -0.15) is 0 Å². The molecule has 3 aromatic rings. The van der Waals surface area contributed by atoms with Crippen LogP contribution in [0.4, 0.5) is 11.4 Å². The van der Waals surface area contributed by atoms with Crippen molar-refractivity contribution in [3.8, 4) is 5.75 Å². The van der Waals surface area contributed by atoms with Crippen molar-refractivity contribution in [2.24, 2.45) is 0 Å². The van der Waals surface area contributed by atoms with Crippen LogP contribution >= 0.6 is 0 Å². The molecule has 0 spiro atoms. The molecule has 0 saturated carbocycles. The highest BCUT2D eigenvalue weighted by Gasteiger charge is 2.26. The van der Waals surface area contributed by atoms with Gasteiger partial charge in [0.25, 0.3) is 10.9 Å². The molecule has 0 bridgehead atoms. The second-order valence-corrected chi connectivity index (χ2v) is 7.50. The summed E-state index contributed by atoms with van der Waals surface area (Å²) in [6.07, 6.45) is 4.04. The van der Waals surface area contributed by atoms with Gasteiger partial charge in [0.15, 0.2) is 0 Å². The van der Waals surface area contributed by atoms with E-state index in [0.29, 0.717) is 24.5 Å². The molecule has 0 radical (unpaired) electrons. The third-order valence-electron chi connectivity index (χ3n) is 5.64. The number of hydrogen-bond donors (Lipinski definition) is 2. The number of aromatic nitrogens is 1.